The Morgan fingerprint density at radius 3 is 2.69 bits per heavy atom. The van der Waals surface area contributed by atoms with Gasteiger partial charge in [0.1, 0.15) is 11.3 Å². The van der Waals surface area contributed by atoms with Gasteiger partial charge in [-0.1, -0.05) is 11.3 Å². The van der Waals surface area contributed by atoms with Crippen molar-refractivity contribution < 1.29 is 17.6 Å². The Bertz CT molecular complexity index is 1160. The third kappa shape index (κ3) is 4.13. The summed E-state index contributed by atoms with van der Waals surface area (Å²) >= 11 is 0. The number of sulfonamides is 1. The second kappa shape index (κ2) is 7.88. The summed E-state index contributed by atoms with van der Waals surface area (Å²) in [6, 6.07) is 10.4. The van der Waals surface area contributed by atoms with Crippen molar-refractivity contribution in [1.29, 1.82) is 0 Å². The zero-order chi connectivity index (χ0) is 20.4. The molecule has 0 atom stereocenters. The monoisotopic (exact) mass is 417 g/mol. The Hall–Kier alpha value is -2.85. The van der Waals surface area contributed by atoms with Crippen LogP contribution in [-0.4, -0.2) is 46.7 Å². The van der Waals surface area contributed by atoms with Crippen LogP contribution in [0, 0.1) is 5.82 Å². The highest BCUT2D eigenvalue weighted by Crippen LogP contribution is 2.23. The highest BCUT2D eigenvalue weighted by atomic mass is 32.2. The van der Waals surface area contributed by atoms with Crippen LogP contribution in [0.2, 0.25) is 0 Å². The van der Waals surface area contributed by atoms with Crippen molar-refractivity contribution in [3.05, 3.63) is 48.3 Å². The normalized spacial score (nSPS) is 15.1. The molecule has 2 heterocycles. The van der Waals surface area contributed by atoms with E-state index in [1.165, 1.54) is 28.6 Å². The summed E-state index contributed by atoms with van der Waals surface area (Å²) in [5.74, 6) is -0.711. The van der Waals surface area contributed by atoms with E-state index in [4.69, 9.17) is 0 Å². The number of aromatic nitrogens is 3. The molecule has 0 aliphatic carbocycles. The summed E-state index contributed by atoms with van der Waals surface area (Å²) in [5, 5.41) is 10.7. The standard InChI is InChI=1S/C19H20FN5O3S/c20-14-4-3-5-15(12-14)21-19(26)8-11-25-18-7-6-16(13-17(18)22-23-25)29(27,28)24-9-1-2-10-24/h3-7,12-13H,1-2,8-11H2,(H,21,26). The van der Waals surface area contributed by atoms with Crippen molar-refractivity contribution in [1.82, 2.24) is 19.3 Å². The molecule has 1 saturated heterocycles. The number of aryl methyl sites for hydroxylation is 1. The van der Waals surface area contributed by atoms with E-state index in [1.807, 2.05) is 0 Å². The minimum absolute atomic E-state index is 0.114. The first-order chi connectivity index (χ1) is 13.9. The topological polar surface area (TPSA) is 97.2 Å². The van der Waals surface area contributed by atoms with E-state index in [1.54, 1.807) is 22.9 Å². The van der Waals surface area contributed by atoms with Gasteiger partial charge in [-0.3, -0.25) is 4.79 Å². The van der Waals surface area contributed by atoms with Crippen LogP contribution in [0.25, 0.3) is 11.0 Å². The first-order valence-electron chi connectivity index (χ1n) is 9.32. The van der Waals surface area contributed by atoms with Gasteiger partial charge in [0, 0.05) is 25.2 Å². The first-order valence-corrected chi connectivity index (χ1v) is 10.8. The number of carbonyl (C=O) groups is 1. The molecule has 0 unspecified atom stereocenters. The minimum atomic E-state index is -3.52. The van der Waals surface area contributed by atoms with E-state index < -0.39 is 15.8 Å². The third-order valence-corrected chi connectivity index (χ3v) is 6.74. The molecule has 0 saturated carbocycles. The number of fused-ring (bicyclic) bond motifs is 1. The molecular weight excluding hydrogens is 397 g/mol. The maximum Gasteiger partial charge on any atom is 0.243 e. The number of anilines is 1. The number of benzene rings is 2. The molecule has 0 radical (unpaired) electrons. The largest absolute Gasteiger partial charge is 0.326 e. The van der Waals surface area contributed by atoms with Gasteiger partial charge in [0.15, 0.2) is 0 Å². The van der Waals surface area contributed by atoms with E-state index in [9.17, 15) is 17.6 Å². The summed E-state index contributed by atoms with van der Waals surface area (Å²) in [5.41, 5.74) is 1.48. The van der Waals surface area contributed by atoms with Crippen LogP contribution >= 0.6 is 0 Å². The maximum atomic E-state index is 13.2. The van der Waals surface area contributed by atoms with Gasteiger partial charge in [0.05, 0.1) is 17.0 Å². The van der Waals surface area contributed by atoms with Crippen molar-refractivity contribution in [3.63, 3.8) is 0 Å². The Morgan fingerprint density at radius 1 is 1.14 bits per heavy atom. The SMILES string of the molecule is O=C(CCn1nnc2cc(S(=O)(=O)N3CCCC3)ccc21)Nc1cccc(F)c1. The number of hydrogen-bond acceptors (Lipinski definition) is 5. The van der Waals surface area contributed by atoms with Crippen molar-refractivity contribution in [3.8, 4) is 0 Å². The highest BCUT2D eigenvalue weighted by molar-refractivity contribution is 7.89. The summed E-state index contributed by atoms with van der Waals surface area (Å²) in [6.07, 6.45) is 1.85. The lowest BCUT2D eigenvalue weighted by Gasteiger charge is -2.15. The van der Waals surface area contributed by atoms with Gasteiger partial charge in [0.25, 0.3) is 0 Å². The second-order valence-corrected chi connectivity index (χ2v) is 8.82. The van der Waals surface area contributed by atoms with Crippen LogP contribution in [0.5, 0.6) is 0 Å². The van der Waals surface area contributed by atoms with Crippen molar-refractivity contribution in [2.24, 2.45) is 0 Å². The molecule has 0 spiro atoms. The molecule has 10 heteroatoms. The molecule has 1 aliphatic rings. The van der Waals surface area contributed by atoms with Crippen molar-refractivity contribution >= 4 is 32.7 Å². The first kappa shape index (κ1) is 19.5. The number of amides is 1. The van der Waals surface area contributed by atoms with Crippen LogP contribution in [0.3, 0.4) is 0 Å². The molecule has 152 valence electrons. The Morgan fingerprint density at radius 2 is 1.93 bits per heavy atom. The lowest BCUT2D eigenvalue weighted by molar-refractivity contribution is -0.116. The average Bonchev–Trinajstić information content (AvgIpc) is 3.36. The van der Waals surface area contributed by atoms with Gasteiger partial charge >= 0.3 is 0 Å². The van der Waals surface area contributed by atoms with Crippen LogP contribution in [0.4, 0.5) is 10.1 Å². The molecule has 0 bridgehead atoms. The lowest BCUT2D eigenvalue weighted by atomic mass is 10.3. The summed E-state index contributed by atoms with van der Waals surface area (Å²) in [6.45, 7) is 1.33. The second-order valence-electron chi connectivity index (χ2n) is 6.88. The number of hydrogen-bond donors (Lipinski definition) is 1. The van der Waals surface area contributed by atoms with E-state index >= 15 is 0 Å². The van der Waals surface area contributed by atoms with Crippen LogP contribution in [0.1, 0.15) is 19.3 Å². The van der Waals surface area contributed by atoms with Crippen LogP contribution in [-0.2, 0) is 21.4 Å². The Labute approximate surface area is 167 Å². The number of carbonyl (C=O) groups excluding carboxylic acids is 1. The molecule has 1 amide bonds. The fourth-order valence-electron chi connectivity index (χ4n) is 3.35. The summed E-state index contributed by atoms with van der Waals surface area (Å²) in [7, 11) is -3.52. The fourth-order valence-corrected chi connectivity index (χ4v) is 4.89. The van der Waals surface area contributed by atoms with Crippen LogP contribution < -0.4 is 5.32 Å². The molecular formula is C19H20FN5O3S. The van der Waals surface area contributed by atoms with Gasteiger partial charge in [-0.2, -0.15) is 4.31 Å². The summed E-state index contributed by atoms with van der Waals surface area (Å²) < 4.78 is 41.6. The zero-order valence-corrected chi connectivity index (χ0v) is 16.4. The smallest absolute Gasteiger partial charge is 0.243 e. The van der Waals surface area contributed by atoms with Gasteiger partial charge in [-0.15, -0.1) is 5.10 Å². The number of halogens is 1. The third-order valence-electron chi connectivity index (χ3n) is 4.85. The predicted molar refractivity (Wildman–Crippen MR) is 105 cm³/mol. The van der Waals surface area contributed by atoms with Gasteiger partial charge in [-0.05, 0) is 49.2 Å². The fraction of sp³-hybridized carbons (Fsp3) is 0.316. The van der Waals surface area contributed by atoms with E-state index in [0.29, 0.717) is 29.8 Å². The Kier molecular flexibility index (Phi) is 5.29. The van der Waals surface area contributed by atoms with Crippen LogP contribution in [0.15, 0.2) is 47.4 Å². The molecule has 1 N–H and O–H groups in total. The van der Waals surface area contributed by atoms with Gasteiger partial charge in [0.2, 0.25) is 15.9 Å². The van der Waals surface area contributed by atoms with E-state index in [0.717, 1.165) is 12.8 Å². The number of nitrogens with zero attached hydrogens (tertiary/aromatic N) is 4. The number of nitrogens with one attached hydrogen (secondary N) is 1. The molecule has 3 aromatic rings. The molecule has 1 aromatic heterocycles. The molecule has 1 aliphatic heterocycles. The molecule has 2 aromatic carbocycles. The molecule has 4 rings (SSSR count). The summed E-state index contributed by atoms with van der Waals surface area (Å²) in [4.78, 5) is 12.3. The maximum absolute atomic E-state index is 13.2. The minimum Gasteiger partial charge on any atom is -0.326 e. The van der Waals surface area contributed by atoms with Crippen molar-refractivity contribution in [2.45, 2.75) is 30.7 Å². The molecule has 8 nitrogen and oxygen atoms in total. The zero-order valence-electron chi connectivity index (χ0n) is 15.6. The van der Waals surface area contributed by atoms with Gasteiger partial charge < -0.3 is 5.32 Å². The lowest BCUT2D eigenvalue weighted by Crippen LogP contribution is -2.27. The highest BCUT2D eigenvalue weighted by Gasteiger charge is 2.27. The molecule has 1 fully saturated rings. The van der Waals surface area contributed by atoms with E-state index in [-0.39, 0.29) is 23.8 Å². The predicted octanol–water partition coefficient (Wildman–Crippen LogP) is 2.38. The van der Waals surface area contributed by atoms with Crippen molar-refractivity contribution in [2.75, 3.05) is 18.4 Å². The average molecular weight is 417 g/mol. The van der Waals surface area contributed by atoms with Gasteiger partial charge in [-0.25, -0.2) is 17.5 Å². The quantitative estimate of drug-likeness (QED) is 0.664. The Balaban J connectivity index is 1.46. The number of rotatable bonds is 6. The molecule has 29 heavy (non-hydrogen) atoms. The van der Waals surface area contributed by atoms with E-state index in [2.05, 4.69) is 15.6 Å².